The number of allylic oxidation sites excluding steroid dienone is 2. The van der Waals surface area contributed by atoms with Crippen molar-refractivity contribution in [2.45, 2.75) is 20.3 Å². The quantitative estimate of drug-likeness (QED) is 0.0927. The van der Waals surface area contributed by atoms with E-state index >= 15 is 0 Å². The van der Waals surface area contributed by atoms with Gasteiger partial charge in [0.15, 0.2) is 12.4 Å². The lowest BCUT2D eigenvalue weighted by atomic mass is 9.85. The second kappa shape index (κ2) is 10.8. The fraction of sp³-hybridized carbons (Fsp3) is 0.229. The zero-order chi connectivity index (χ0) is 30.9. The van der Waals surface area contributed by atoms with Gasteiger partial charge in [-0.05, 0) is 77.9 Å². The van der Waals surface area contributed by atoms with Gasteiger partial charge in [-0.3, -0.25) is 19.3 Å². The number of aryl methyl sites for hydroxylation is 2. The average molecular weight is 670 g/mol. The number of pyridine rings is 1. The van der Waals surface area contributed by atoms with Gasteiger partial charge in [0.1, 0.15) is 0 Å². The van der Waals surface area contributed by atoms with E-state index in [1.165, 1.54) is 4.90 Å². The Balaban J connectivity index is 1.20. The molecule has 9 heteroatoms. The topological polar surface area (TPSA) is 93.6 Å². The largest absolute Gasteiger partial charge is 0.454 e. The molecule has 220 valence electrons. The van der Waals surface area contributed by atoms with E-state index in [0.29, 0.717) is 48.5 Å². The van der Waals surface area contributed by atoms with Gasteiger partial charge < -0.3 is 4.74 Å². The molecule has 2 bridgehead atoms. The van der Waals surface area contributed by atoms with E-state index in [1.54, 1.807) is 48.5 Å². The van der Waals surface area contributed by atoms with Crippen LogP contribution >= 0.6 is 27.5 Å². The van der Waals surface area contributed by atoms with Gasteiger partial charge >= 0.3 is 5.97 Å². The number of imide groups is 1. The molecule has 0 N–H and O–H groups in total. The summed E-state index contributed by atoms with van der Waals surface area (Å²) in [6.07, 6.45) is 5.02. The van der Waals surface area contributed by atoms with Crippen LogP contribution in [-0.4, -0.2) is 35.2 Å². The molecular formula is C35H26BrClN2O5. The minimum atomic E-state index is -0.674. The SMILES string of the molecule is Cc1ccc(C(=O)COC(=O)c2cc(-c3ccc(N4C(=O)C5C6C=CC(C6)C5C4=O)cc3)nc3c(C)c(Cl)c(Br)cc23)cc1. The zero-order valence-corrected chi connectivity index (χ0v) is 26.2. The van der Waals surface area contributed by atoms with Crippen molar-refractivity contribution in [1.29, 1.82) is 0 Å². The number of benzene rings is 3. The van der Waals surface area contributed by atoms with Crippen molar-refractivity contribution < 1.29 is 23.9 Å². The Morgan fingerprint density at radius 3 is 2.23 bits per heavy atom. The highest BCUT2D eigenvalue weighted by Gasteiger charge is 2.59. The summed E-state index contributed by atoms with van der Waals surface area (Å²) in [6, 6.07) is 17.4. The van der Waals surface area contributed by atoms with Gasteiger partial charge in [0, 0.05) is 21.0 Å². The summed E-state index contributed by atoms with van der Waals surface area (Å²) < 4.78 is 6.10. The Labute approximate surface area is 267 Å². The molecule has 4 aromatic rings. The van der Waals surface area contributed by atoms with E-state index in [4.69, 9.17) is 21.3 Å². The Morgan fingerprint density at radius 1 is 0.955 bits per heavy atom. The summed E-state index contributed by atoms with van der Waals surface area (Å²) >= 11 is 9.99. The molecule has 4 unspecified atom stereocenters. The number of halogens is 2. The molecule has 7 nitrogen and oxygen atoms in total. The summed E-state index contributed by atoms with van der Waals surface area (Å²) in [5.74, 6) is -1.57. The maximum atomic E-state index is 13.5. The molecule has 44 heavy (non-hydrogen) atoms. The van der Waals surface area contributed by atoms with E-state index in [0.717, 1.165) is 12.0 Å². The summed E-state index contributed by atoms with van der Waals surface area (Å²) in [5, 5.41) is 0.987. The predicted molar refractivity (Wildman–Crippen MR) is 171 cm³/mol. The van der Waals surface area contributed by atoms with Gasteiger partial charge in [-0.15, -0.1) is 0 Å². The van der Waals surface area contributed by atoms with Crippen molar-refractivity contribution in [2.75, 3.05) is 11.5 Å². The zero-order valence-electron chi connectivity index (χ0n) is 23.8. The number of ketones is 1. The van der Waals surface area contributed by atoms with E-state index in [2.05, 4.69) is 28.1 Å². The number of hydrogen-bond acceptors (Lipinski definition) is 6. The fourth-order valence-electron chi connectivity index (χ4n) is 6.75. The number of esters is 1. The van der Waals surface area contributed by atoms with E-state index in [-0.39, 0.29) is 46.8 Å². The number of carbonyl (C=O) groups excluding carboxylic acids is 4. The van der Waals surface area contributed by atoms with Crippen LogP contribution in [0.2, 0.25) is 5.02 Å². The molecule has 2 fully saturated rings. The van der Waals surface area contributed by atoms with Gasteiger partial charge in [-0.2, -0.15) is 0 Å². The summed E-state index contributed by atoms with van der Waals surface area (Å²) in [6.45, 7) is 3.33. The molecule has 4 atom stereocenters. The number of nitrogens with zero attached hydrogens (tertiary/aromatic N) is 2. The molecule has 1 saturated heterocycles. The van der Waals surface area contributed by atoms with Gasteiger partial charge in [-0.1, -0.05) is 65.7 Å². The van der Waals surface area contributed by atoms with Gasteiger partial charge in [0.2, 0.25) is 11.8 Å². The monoisotopic (exact) mass is 668 g/mol. The molecule has 3 aromatic carbocycles. The van der Waals surface area contributed by atoms with Crippen LogP contribution < -0.4 is 4.90 Å². The van der Waals surface area contributed by atoms with Crippen LogP contribution in [0, 0.1) is 37.5 Å². The van der Waals surface area contributed by atoms with Gasteiger partial charge in [-0.25, -0.2) is 9.78 Å². The number of hydrogen-bond donors (Lipinski definition) is 0. The molecule has 2 amide bonds. The Morgan fingerprint density at radius 2 is 1.59 bits per heavy atom. The molecule has 1 aliphatic heterocycles. The lowest BCUT2D eigenvalue weighted by Crippen LogP contribution is -2.32. The first-order valence-corrected chi connectivity index (χ1v) is 15.5. The van der Waals surface area contributed by atoms with Crippen LogP contribution in [0.25, 0.3) is 22.2 Å². The second-order valence-corrected chi connectivity index (χ2v) is 12.9. The normalized spacial score (nSPS) is 21.8. The molecule has 2 aliphatic carbocycles. The van der Waals surface area contributed by atoms with Crippen molar-refractivity contribution in [1.82, 2.24) is 4.98 Å². The summed E-state index contributed by atoms with van der Waals surface area (Å²) in [4.78, 5) is 58.9. The highest BCUT2D eigenvalue weighted by atomic mass is 79.9. The smallest absolute Gasteiger partial charge is 0.339 e. The third kappa shape index (κ3) is 4.59. The highest BCUT2D eigenvalue weighted by molar-refractivity contribution is 9.10. The van der Waals surface area contributed by atoms with E-state index in [1.807, 2.05) is 26.0 Å². The van der Waals surface area contributed by atoms with Crippen LogP contribution in [0.3, 0.4) is 0 Å². The molecular weight excluding hydrogens is 644 g/mol. The van der Waals surface area contributed by atoms with Crippen molar-refractivity contribution in [3.63, 3.8) is 0 Å². The first kappa shape index (κ1) is 28.6. The van der Waals surface area contributed by atoms with Crippen molar-refractivity contribution in [3.05, 3.63) is 105 Å². The Hall–Kier alpha value is -4.14. The third-order valence-electron chi connectivity index (χ3n) is 9.04. The lowest BCUT2D eigenvalue weighted by Gasteiger charge is -2.18. The minimum absolute atomic E-state index is 0.132. The van der Waals surface area contributed by atoms with Gasteiger partial charge in [0.25, 0.3) is 0 Å². The third-order valence-corrected chi connectivity index (χ3v) is 10.4. The first-order chi connectivity index (χ1) is 21.1. The van der Waals surface area contributed by atoms with Gasteiger partial charge in [0.05, 0.1) is 39.3 Å². The first-order valence-electron chi connectivity index (χ1n) is 14.4. The fourth-order valence-corrected chi connectivity index (χ4v) is 7.42. The minimum Gasteiger partial charge on any atom is -0.454 e. The molecule has 3 aliphatic rings. The summed E-state index contributed by atoms with van der Waals surface area (Å²) in [7, 11) is 0. The Kier molecular flexibility index (Phi) is 7.02. The number of carbonyl (C=O) groups is 4. The number of anilines is 1. The second-order valence-electron chi connectivity index (χ2n) is 11.7. The number of fused-ring (bicyclic) bond motifs is 6. The van der Waals surface area contributed by atoms with Crippen LogP contribution in [0.15, 0.2) is 77.3 Å². The highest BCUT2D eigenvalue weighted by Crippen LogP contribution is 2.53. The van der Waals surface area contributed by atoms with Crippen LogP contribution in [0.5, 0.6) is 0 Å². The average Bonchev–Trinajstić information content (AvgIpc) is 3.72. The maximum Gasteiger partial charge on any atom is 0.339 e. The molecule has 2 heterocycles. The number of aromatic nitrogens is 1. The van der Waals surface area contributed by atoms with Crippen molar-refractivity contribution in [3.8, 4) is 11.3 Å². The van der Waals surface area contributed by atoms with E-state index < -0.39 is 12.6 Å². The van der Waals surface area contributed by atoms with Crippen LogP contribution in [0.1, 0.15) is 38.3 Å². The standard InChI is InChI=1S/C35H26BrClN2O5/c1-17-3-5-20(6-4-17)28(40)16-44-35(43)25-15-27(38-32-18(2)31(37)26(36)14-24(25)32)19-9-11-23(12-10-19)39-33(41)29-21-7-8-22(13-21)30(29)34(39)42/h3-12,14-15,21-22,29-30H,13,16H2,1-2H3. The molecule has 0 spiro atoms. The van der Waals surface area contributed by atoms with Crippen molar-refractivity contribution in [2.24, 2.45) is 23.7 Å². The van der Waals surface area contributed by atoms with Crippen LogP contribution in [0.4, 0.5) is 5.69 Å². The van der Waals surface area contributed by atoms with Crippen LogP contribution in [-0.2, 0) is 14.3 Å². The number of Topliss-reactive ketones (excluding diaryl/α,β-unsaturated/α-hetero) is 1. The molecule has 1 aromatic heterocycles. The number of rotatable bonds is 6. The molecule has 7 rings (SSSR count). The predicted octanol–water partition coefficient (Wildman–Crippen LogP) is 7.29. The molecule has 1 saturated carbocycles. The number of ether oxygens (including phenoxy) is 1. The molecule has 0 radical (unpaired) electrons. The van der Waals surface area contributed by atoms with Crippen molar-refractivity contribution >= 4 is 67.7 Å². The maximum absolute atomic E-state index is 13.5. The Bertz CT molecular complexity index is 1910. The van der Waals surface area contributed by atoms with E-state index in [9.17, 15) is 19.2 Å². The lowest BCUT2D eigenvalue weighted by molar-refractivity contribution is -0.123. The number of amides is 2. The summed E-state index contributed by atoms with van der Waals surface area (Å²) in [5.41, 5.74) is 4.53.